The number of aromatic nitrogens is 2. The minimum atomic E-state index is -0.743. The second-order valence-electron chi connectivity index (χ2n) is 3.42. The van der Waals surface area contributed by atoms with Gasteiger partial charge in [-0.3, -0.25) is 0 Å². The molecule has 6 nitrogen and oxygen atoms in total. The number of hydrogen-bond donors (Lipinski definition) is 0. The van der Waals surface area contributed by atoms with E-state index >= 15 is 0 Å². The lowest BCUT2D eigenvalue weighted by atomic mass is 10.1. The highest BCUT2D eigenvalue weighted by Gasteiger charge is 2.19. The highest BCUT2D eigenvalue weighted by atomic mass is 19.1. The third kappa shape index (κ3) is 2.42. The summed E-state index contributed by atoms with van der Waals surface area (Å²) in [4.78, 5) is 15.1. The molecule has 2 rings (SSSR count). The van der Waals surface area contributed by atoms with Crippen LogP contribution in [0.3, 0.4) is 0 Å². The van der Waals surface area contributed by atoms with Crippen LogP contribution in [0.25, 0.3) is 11.5 Å². The van der Waals surface area contributed by atoms with E-state index in [1.165, 1.54) is 12.1 Å². The average Bonchev–Trinajstić information content (AvgIpc) is 2.88. The third-order valence-electron chi connectivity index (χ3n) is 2.24. The first kappa shape index (κ1) is 12.7. The zero-order valence-electron chi connectivity index (χ0n) is 9.88. The molecular weight excluding hydrogens is 253 g/mol. The number of nitriles is 1. The molecule has 0 spiro atoms. The lowest BCUT2D eigenvalue weighted by Gasteiger charge is -1.98. The lowest BCUT2D eigenvalue weighted by molar-refractivity contribution is 0.0508. The molecule has 0 unspecified atom stereocenters. The van der Waals surface area contributed by atoms with Crippen molar-refractivity contribution in [3.63, 3.8) is 0 Å². The Morgan fingerprint density at radius 1 is 1.58 bits per heavy atom. The van der Waals surface area contributed by atoms with E-state index in [0.717, 1.165) is 6.07 Å². The van der Waals surface area contributed by atoms with Crippen LogP contribution in [0.2, 0.25) is 0 Å². The Morgan fingerprint density at radius 2 is 2.37 bits per heavy atom. The highest BCUT2D eigenvalue weighted by Crippen LogP contribution is 2.23. The summed E-state index contributed by atoms with van der Waals surface area (Å²) in [6.45, 7) is 1.81. The Bertz CT molecular complexity index is 660. The topological polar surface area (TPSA) is 89.0 Å². The van der Waals surface area contributed by atoms with Crippen molar-refractivity contribution in [2.45, 2.75) is 6.92 Å². The van der Waals surface area contributed by atoms with E-state index in [9.17, 15) is 9.18 Å². The molecule has 1 aromatic heterocycles. The predicted molar refractivity (Wildman–Crippen MR) is 60.4 cm³/mol. The summed E-state index contributed by atoms with van der Waals surface area (Å²) in [5.41, 5.74) is -0.0906. The quantitative estimate of drug-likeness (QED) is 0.784. The summed E-state index contributed by atoms with van der Waals surface area (Å²) in [6.07, 6.45) is 0. The van der Waals surface area contributed by atoms with Crippen LogP contribution in [0.1, 0.15) is 23.1 Å². The van der Waals surface area contributed by atoms with Crippen molar-refractivity contribution in [3.05, 3.63) is 35.4 Å². The smallest absolute Gasteiger partial charge is 0.379 e. The van der Waals surface area contributed by atoms with Crippen LogP contribution in [-0.4, -0.2) is 22.7 Å². The van der Waals surface area contributed by atoms with Gasteiger partial charge in [0, 0.05) is 0 Å². The first-order chi connectivity index (χ1) is 9.17. The molecule has 0 atom stereocenters. The molecule has 0 bridgehead atoms. The summed E-state index contributed by atoms with van der Waals surface area (Å²) < 4.78 is 22.9. The molecule has 0 radical (unpaired) electrons. The Kier molecular flexibility index (Phi) is 3.52. The molecule has 0 fully saturated rings. The molecule has 0 aliphatic heterocycles. The maximum atomic E-state index is 13.4. The molecular formula is C12H8FN3O3. The monoisotopic (exact) mass is 261 g/mol. The van der Waals surface area contributed by atoms with Gasteiger partial charge in [-0.1, -0.05) is 6.07 Å². The van der Waals surface area contributed by atoms with Gasteiger partial charge in [0.05, 0.1) is 12.2 Å². The van der Waals surface area contributed by atoms with E-state index in [1.54, 1.807) is 13.0 Å². The molecule has 1 aromatic carbocycles. The van der Waals surface area contributed by atoms with Crippen LogP contribution >= 0.6 is 0 Å². The Balaban J connectivity index is 2.42. The van der Waals surface area contributed by atoms with Crippen molar-refractivity contribution >= 4 is 5.97 Å². The van der Waals surface area contributed by atoms with Gasteiger partial charge in [-0.2, -0.15) is 10.2 Å². The summed E-state index contributed by atoms with van der Waals surface area (Å²) >= 11 is 0. The molecule has 96 valence electrons. The molecule has 0 aliphatic rings. The number of nitrogens with zero attached hydrogens (tertiary/aromatic N) is 3. The largest absolute Gasteiger partial charge is 0.460 e. The number of esters is 1. The number of carbonyl (C=O) groups excluding carboxylic acids is 1. The summed E-state index contributed by atoms with van der Waals surface area (Å²) in [6, 6.07) is 5.70. The van der Waals surface area contributed by atoms with Gasteiger partial charge in [0.1, 0.15) is 17.4 Å². The van der Waals surface area contributed by atoms with E-state index in [1.807, 2.05) is 0 Å². The van der Waals surface area contributed by atoms with Crippen molar-refractivity contribution in [1.82, 2.24) is 10.1 Å². The van der Waals surface area contributed by atoms with Crippen molar-refractivity contribution in [1.29, 1.82) is 5.26 Å². The summed E-state index contributed by atoms with van der Waals surface area (Å²) in [5, 5.41) is 12.3. The van der Waals surface area contributed by atoms with Crippen molar-refractivity contribution in [3.8, 4) is 17.5 Å². The number of halogens is 1. The zero-order valence-corrected chi connectivity index (χ0v) is 9.88. The first-order valence-corrected chi connectivity index (χ1v) is 5.37. The van der Waals surface area contributed by atoms with Gasteiger partial charge in [-0.15, -0.1) is 0 Å². The van der Waals surface area contributed by atoms with Gasteiger partial charge in [-0.05, 0) is 24.2 Å². The fourth-order valence-corrected chi connectivity index (χ4v) is 1.43. The van der Waals surface area contributed by atoms with Crippen LogP contribution in [0, 0.1) is 17.1 Å². The fourth-order valence-electron chi connectivity index (χ4n) is 1.43. The molecule has 19 heavy (non-hydrogen) atoms. The lowest BCUT2D eigenvalue weighted by Crippen LogP contribution is -2.06. The van der Waals surface area contributed by atoms with E-state index < -0.39 is 11.8 Å². The van der Waals surface area contributed by atoms with Crippen LogP contribution in [0.4, 0.5) is 4.39 Å². The van der Waals surface area contributed by atoms with Crippen LogP contribution in [0.15, 0.2) is 22.7 Å². The summed E-state index contributed by atoms with van der Waals surface area (Å²) in [7, 11) is 0. The van der Waals surface area contributed by atoms with Gasteiger partial charge < -0.3 is 9.26 Å². The number of rotatable bonds is 3. The average molecular weight is 261 g/mol. The highest BCUT2D eigenvalue weighted by molar-refractivity contribution is 5.85. The normalized spacial score (nSPS) is 9.95. The molecule has 0 saturated heterocycles. The zero-order chi connectivity index (χ0) is 13.8. The van der Waals surface area contributed by atoms with E-state index in [0.29, 0.717) is 0 Å². The number of benzene rings is 1. The number of hydrogen-bond acceptors (Lipinski definition) is 6. The maximum Gasteiger partial charge on any atom is 0.379 e. The van der Waals surface area contributed by atoms with Gasteiger partial charge in [0.15, 0.2) is 0 Å². The summed E-state index contributed by atoms with van der Waals surface area (Å²) in [5.74, 6) is -1.83. The Labute approximate surface area is 107 Å². The second kappa shape index (κ2) is 5.27. The number of carbonyl (C=O) groups is 1. The molecule has 0 N–H and O–H groups in total. The molecule has 0 amide bonds. The van der Waals surface area contributed by atoms with Crippen molar-refractivity contribution in [2.24, 2.45) is 0 Å². The number of ether oxygens (including phenoxy) is 1. The molecule has 0 saturated carbocycles. The van der Waals surface area contributed by atoms with Gasteiger partial charge in [-0.25, -0.2) is 9.18 Å². The fraction of sp³-hybridized carbons (Fsp3) is 0.167. The Hall–Kier alpha value is -2.75. The van der Waals surface area contributed by atoms with Gasteiger partial charge in [0.2, 0.25) is 0 Å². The van der Waals surface area contributed by atoms with Crippen LogP contribution in [0.5, 0.6) is 0 Å². The van der Waals surface area contributed by atoms with E-state index in [2.05, 4.69) is 10.1 Å². The van der Waals surface area contributed by atoms with Crippen LogP contribution in [-0.2, 0) is 4.74 Å². The molecule has 2 aromatic rings. The standard InChI is InChI=1S/C12H8FN3O3/c1-2-18-12(17)10-15-11(19-16-10)7-4-3-5-9(13)8(7)6-14/h3-5H,2H2,1H3. The van der Waals surface area contributed by atoms with Crippen molar-refractivity contribution in [2.75, 3.05) is 6.61 Å². The SMILES string of the molecule is CCOC(=O)c1noc(-c2cccc(F)c2C#N)n1. The predicted octanol–water partition coefficient (Wildman–Crippen LogP) is 1.92. The first-order valence-electron chi connectivity index (χ1n) is 5.37. The second-order valence-corrected chi connectivity index (χ2v) is 3.42. The molecule has 7 heteroatoms. The molecule has 1 heterocycles. The molecule has 0 aliphatic carbocycles. The van der Waals surface area contributed by atoms with E-state index in [-0.39, 0.29) is 29.4 Å². The van der Waals surface area contributed by atoms with Gasteiger partial charge in [0.25, 0.3) is 11.7 Å². The third-order valence-corrected chi connectivity index (χ3v) is 2.24. The minimum Gasteiger partial charge on any atom is -0.460 e. The Morgan fingerprint density at radius 3 is 3.05 bits per heavy atom. The van der Waals surface area contributed by atoms with Gasteiger partial charge >= 0.3 is 5.97 Å². The van der Waals surface area contributed by atoms with Crippen LogP contribution < -0.4 is 0 Å². The van der Waals surface area contributed by atoms with Crippen molar-refractivity contribution < 1.29 is 18.4 Å². The maximum absolute atomic E-state index is 13.4. The minimum absolute atomic E-state index is 0.112. The van der Waals surface area contributed by atoms with E-state index in [4.69, 9.17) is 14.5 Å².